The highest BCUT2D eigenvalue weighted by molar-refractivity contribution is 7.99. The Morgan fingerprint density at radius 3 is 1.34 bits per heavy atom. The minimum atomic E-state index is -0.607. The molecule has 10 aromatic rings. The highest BCUT2D eigenvalue weighted by Gasteiger charge is 2.53. The number of rotatable bonds is 3. The van der Waals surface area contributed by atoms with E-state index in [0.29, 0.717) is 0 Å². The lowest BCUT2D eigenvalue weighted by molar-refractivity contribution is 0.436. The number of fused-ring (bicyclic) bond motifs is 19. The number of ether oxygens (including phenoxy) is 1. The van der Waals surface area contributed by atoms with Crippen molar-refractivity contribution in [1.82, 2.24) is 0 Å². The summed E-state index contributed by atoms with van der Waals surface area (Å²) in [6.45, 7) is 14.1. The number of nitrogens with zero attached hydrogens (tertiary/aromatic N) is 1. The normalized spacial score (nSPS) is 14.9. The minimum Gasteiger partial charge on any atom is -0.457 e. The van der Waals surface area contributed by atoms with Gasteiger partial charge in [-0.2, -0.15) is 0 Å². The Morgan fingerprint density at radius 2 is 0.803 bits per heavy atom. The van der Waals surface area contributed by atoms with Crippen LogP contribution >= 0.6 is 11.8 Å². The molecule has 4 aliphatic rings. The fourth-order valence-electron chi connectivity index (χ4n) is 12.8. The molecule has 3 heteroatoms. The van der Waals surface area contributed by atoms with E-state index < -0.39 is 10.8 Å². The fourth-order valence-corrected chi connectivity index (χ4v) is 14.0. The molecule has 2 heterocycles. The van der Waals surface area contributed by atoms with Crippen LogP contribution in [0.2, 0.25) is 0 Å². The molecule has 0 bridgehead atoms. The molecule has 2 spiro atoms. The summed E-state index contributed by atoms with van der Waals surface area (Å²) in [7, 11) is 0. The number of benzene rings is 10. The van der Waals surface area contributed by atoms with Gasteiger partial charge in [-0.3, -0.25) is 0 Å². The molecule has 0 radical (unpaired) electrons. The molecule has 10 aromatic carbocycles. The Bertz CT molecular complexity index is 3770. The summed E-state index contributed by atoms with van der Waals surface area (Å²) in [6.07, 6.45) is 0. The first-order valence-electron chi connectivity index (χ1n) is 25.1. The molecule has 0 aromatic heterocycles. The lowest BCUT2D eigenvalue weighted by atomic mass is 9.65. The third-order valence-corrected chi connectivity index (χ3v) is 17.3. The van der Waals surface area contributed by atoms with Gasteiger partial charge in [0.15, 0.2) is 0 Å². The molecule has 342 valence electrons. The molecule has 0 atom stereocenters. The van der Waals surface area contributed by atoms with Gasteiger partial charge in [0.2, 0.25) is 0 Å². The van der Waals surface area contributed by atoms with Crippen LogP contribution in [0.4, 0.5) is 17.1 Å². The van der Waals surface area contributed by atoms with Crippen molar-refractivity contribution in [3.05, 3.63) is 268 Å². The molecule has 0 unspecified atom stereocenters. The highest BCUT2D eigenvalue weighted by atomic mass is 32.2. The molecule has 2 aliphatic carbocycles. The van der Waals surface area contributed by atoms with E-state index in [1.807, 2.05) is 11.8 Å². The van der Waals surface area contributed by atoms with Crippen molar-refractivity contribution in [1.29, 1.82) is 0 Å². The molecule has 71 heavy (non-hydrogen) atoms. The van der Waals surface area contributed by atoms with Crippen LogP contribution in [0.5, 0.6) is 11.5 Å². The molecule has 14 rings (SSSR count). The smallest absolute Gasteiger partial charge is 0.132 e. The Balaban J connectivity index is 1.08. The largest absolute Gasteiger partial charge is 0.457 e. The number of anilines is 3. The standard InChI is InChI=1S/C68H53NOS/c1-65(2,3)43-30-36-63-58(38-43)68(59-39-44(66(4,5)6)31-37-64(59)71-63)53-24-12-10-22-49(53)51-35-33-46(41-57(51)68)69(60-27-17-19-42-18-7-8-20-47(42)60)45-32-34-50-48-21-9-11-23-52(48)67(56(50)40-45)54-25-13-15-28-61(54)70-62-29-16-14-26-55(62)67/h7-41H,1-6H3. The first kappa shape index (κ1) is 42.3. The maximum atomic E-state index is 6.77. The summed E-state index contributed by atoms with van der Waals surface area (Å²) in [6, 6.07) is 80.5. The molecule has 0 amide bonds. The van der Waals surface area contributed by atoms with Gasteiger partial charge >= 0.3 is 0 Å². The van der Waals surface area contributed by atoms with Gasteiger partial charge < -0.3 is 9.64 Å². The quantitative estimate of drug-likeness (QED) is 0.175. The van der Waals surface area contributed by atoms with Crippen LogP contribution in [-0.4, -0.2) is 0 Å². The molecule has 2 nitrogen and oxygen atoms in total. The zero-order valence-electron chi connectivity index (χ0n) is 41.0. The Hall–Kier alpha value is -7.59. The van der Waals surface area contributed by atoms with E-state index in [4.69, 9.17) is 4.74 Å². The summed E-state index contributed by atoms with van der Waals surface area (Å²) < 4.78 is 6.77. The Kier molecular flexibility index (Phi) is 8.92. The van der Waals surface area contributed by atoms with Gasteiger partial charge in [-0.25, -0.2) is 0 Å². The average molecular weight is 932 g/mol. The maximum Gasteiger partial charge on any atom is 0.132 e. The molecule has 2 aliphatic heterocycles. The second-order valence-corrected chi connectivity index (χ2v) is 23.1. The SMILES string of the molecule is CC(C)(C)c1ccc2c(c1)C1(c3cc(C(C)(C)C)ccc3S2)c2ccccc2-c2ccc(N(c3ccc4c(c3)C3(c5ccccc5Oc5ccccc53)c3ccccc3-4)c3cccc4ccccc34)cc21. The lowest BCUT2D eigenvalue weighted by Gasteiger charge is -2.41. The van der Waals surface area contributed by atoms with Crippen LogP contribution in [0.15, 0.2) is 222 Å². The maximum absolute atomic E-state index is 6.77. The molecule has 0 N–H and O–H groups in total. The van der Waals surface area contributed by atoms with Crippen LogP contribution in [0, 0.1) is 0 Å². The summed E-state index contributed by atoms with van der Waals surface area (Å²) in [5.41, 5.74) is 20.1. The van der Waals surface area contributed by atoms with E-state index in [9.17, 15) is 0 Å². The number of hydrogen-bond acceptors (Lipinski definition) is 3. The first-order valence-corrected chi connectivity index (χ1v) is 25.9. The molecular weight excluding hydrogens is 879 g/mol. The minimum absolute atomic E-state index is 0.0432. The molecular formula is C68H53NOS. The van der Waals surface area contributed by atoms with Crippen molar-refractivity contribution >= 4 is 39.6 Å². The van der Waals surface area contributed by atoms with Gasteiger partial charge in [0.25, 0.3) is 0 Å². The van der Waals surface area contributed by atoms with Crippen molar-refractivity contribution in [2.24, 2.45) is 0 Å². The third kappa shape index (κ3) is 5.84. The van der Waals surface area contributed by atoms with Crippen molar-refractivity contribution in [3.63, 3.8) is 0 Å². The van der Waals surface area contributed by atoms with E-state index >= 15 is 0 Å². The first-order chi connectivity index (χ1) is 34.5. The van der Waals surface area contributed by atoms with E-state index in [1.54, 1.807) is 0 Å². The van der Waals surface area contributed by atoms with Gasteiger partial charge in [0, 0.05) is 37.7 Å². The summed E-state index contributed by atoms with van der Waals surface area (Å²) in [4.78, 5) is 5.17. The third-order valence-electron chi connectivity index (χ3n) is 16.1. The zero-order valence-corrected chi connectivity index (χ0v) is 41.8. The molecule has 0 fully saturated rings. The van der Waals surface area contributed by atoms with Crippen molar-refractivity contribution in [2.45, 2.75) is 73.0 Å². The van der Waals surface area contributed by atoms with E-state index in [-0.39, 0.29) is 10.8 Å². The van der Waals surface area contributed by atoms with Crippen LogP contribution < -0.4 is 9.64 Å². The van der Waals surface area contributed by atoms with Gasteiger partial charge in [0.1, 0.15) is 11.5 Å². The Morgan fingerprint density at radius 1 is 0.366 bits per heavy atom. The second kappa shape index (κ2) is 15.0. The summed E-state index contributed by atoms with van der Waals surface area (Å²) in [5.74, 6) is 1.79. The van der Waals surface area contributed by atoms with Gasteiger partial charge in [-0.15, -0.1) is 0 Å². The van der Waals surface area contributed by atoms with Crippen LogP contribution in [0.3, 0.4) is 0 Å². The van der Waals surface area contributed by atoms with Gasteiger partial charge in [-0.1, -0.05) is 211 Å². The molecule has 0 saturated carbocycles. The van der Waals surface area contributed by atoms with E-state index in [1.165, 1.54) is 87.3 Å². The molecule has 0 saturated heterocycles. The van der Waals surface area contributed by atoms with Crippen molar-refractivity contribution in [3.8, 4) is 33.8 Å². The number of para-hydroxylation sites is 2. The summed E-state index contributed by atoms with van der Waals surface area (Å²) >= 11 is 1.92. The fraction of sp³-hybridized carbons (Fsp3) is 0.147. The van der Waals surface area contributed by atoms with E-state index in [0.717, 1.165) is 39.7 Å². The lowest BCUT2D eigenvalue weighted by Crippen LogP contribution is -2.33. The van der Waals surface area contributed by atoms with Crippen LogP contribution in [0.25, 0.3) is 33.0 Å². The predicted molar refractivity (Wildman–Crippen MR) is 295 cm³/mol. The second-order valence-electron chi connectivity index (χ2n) is 22.0. The average Bonchev–Trinajstić information content (AvgIpc) is 3.83. The van der Waals surface area contributed by atoms with Gasteiger partial charge in [0.05, 0.1) is 16.5 Å². The van der Waals surface area contributed by atoms with Crippen LogP contribution in [0.1, 0.15) is 97.2 Å². The van der Waals surface area contributed by atoms with Crippen molar-refractivity contribution in [2.75, 3.05) is 4.90 Å². The monoisotopic (exact) mass is 931 g/mol. The van der Waals surface area contributed by atoms with Gasteiger partial charge in [-0.05, 0) is 138 Å². The zero-order chi connectivity index (χ0) is 48.0. The van der Waals surface area contributed by atoms with E-state index in [2.05, 4.69) is 259 Å². The highest BCUT2D eigenvalue weighted by Crippen LogP contribution is 2.65. The number of hydrogen-bond donors (Lipinski definition) is 0. The Labute approximate surface area is 421 Å². The van der Waals surface area contributed by atoms with Crippen LogP contribution in [-0.2, 0) is 21.7 Å². The summed E-state index contributed by atoms with van der Waals surface area (Å²) in [5, 5.41) is 2.40. The predicted octanol–water partition coefficient (Wildman–Crippen LogP) is 18.2. The van der Waals surface area contributed by atoms with Crippen molar-refractivity contribution < 1.29 is 4.74 Å². The topological polar surface area (TPSA) is 12.5 Å².